The van der Waals surface area contributed by atoms with E-state index >= 15 is 0 Å². The summed E-state index contributed by atoms with van der Waals surface area (Å²) in [5, 5.41) is 0. The van der Waals surface area contributed by atoms with Crippen molar-refractivity contribution in [2.75, 3.05) is 13.1 Å². The van der Waals surface area contributed by atoms with Gasteiger partial charge in [0.15, 0.2) is 0 Å². The van der Waals surface area contributed by atoms with E-state index in [1.165, 1.54) is 18.2 Å². The summed E-state index contributed by atoms with van der Waals surface area (Å²) in [6, 6.07) is 20.4. The lowest BCUT2D eigenvalue weighted by Crippen LogP contribution is -2.47. The van der Waals surface area contributed by atoms with E-state index in [-0.39, 0.29) is 29.6 Å². The molecule has 1 amide bonds. The van der Waals surface area contributed by atoms with Crippen LogP contribution in [0.15, 0.2) is 72.8 Å². The van der Waals surface area contributed by atoms with Gasteiger partial charge in [0, 0.05) is 25.4 Å². The minimum atomic E-state index is -0.338. The van der Waals surface area contributed by atoms with E-state index in [1.807, 2.05) is 31.2 Å². The van der Waals surface area contributed by atoms with Crippen molar-refractivity contribution in [1.82, 2.24) is 4.90 Å². The summed E-state index contributed by atoms with van der Waals surface area (Å²) in [6.45, 7) is 2.91. The second-order valence-electron chi connectivity index (χ2n) is 8.03. The number of rotatable bonds is 5. The molecule has 160 valence electrons. The molecule has 3 aromatic carbocycles. The molecule has 2 atom stereocenters. The Bertz CT molecular complexity index is 1030. The minimum absolute atomic E-state index is 0.0189. The molecule has 2 unspecified atom stereocenters. The Morgan fingerprint density at radius 1 is 1.00 bits per heavy atom. The first-order valence-electron chi connectivity index (χ1n) is 10.5. The number of aryl methyl sites for hydroxylation is 1. The van der Waals surface area contributed by atoms with Crippen LogP contribution in [0.4, 0.5) is 8.78 Å². The summed E-state index contributed by atoms with van der Waals surface area (Å²) in [7, 11) is 0. The summed E-state index contributed by atoms with van der Waals surface area (Å²) in [5.41, 5.74) is 2.64. The summed E-state index contributed by atoms with van der Waals surface area (Å²) in [4.78, 5) is 14.8. The smallest absolute Gasteiger partial charge is 0.227 e. The maximum atomic E-state index is 14.6. The first-order valence-corrected chi connectivity index (χ1v) is 10.5. The molecule has 1 saturated heterocycles. The Labute approximate surface area is 181 Å². The SMILES string of the molecule is Cc1ccc(CC(=O)N2CCC(Oc3ccc(F)cc3)C(c3ccccc3F)C2)cc1. The Hall–Kier alpha value is -3.21. The molecule has 4 rings (SSSR count). The van der Waals surface area contributed by atoms with Gasteiger partial charge < -0.3 is 9.64 Å². The predicted molar refractivity (Wildman–Crippen MR) is 116 cm³/mol. The number of hydrogen-bond acceptors (Lipinski definition) is 2. The lowest BCUT2D eigenvalue weighted by atomic mass is 9.87. The second kappa shape index (κ2) is 9.29. The van der Waals surface area contributed by atoms with Gasteiger partial charge >= 0.3 is 0 Å². The molecule has 31 heavy (non-hydrogen) atoms. The normalized spacial score (nSPS) is 18.6. The van der Waals surface area contributed by atoms with Gasteiger partial charge in [-0.2, -0.15) is 0 Å². The Morgan fingerprint density at radius 3 is 2.42 bits per heavy atom. The largest absolute Gasteiger partial charge is 0.490 e. The maximum Gasteiger partial charge on any atom is 0.227 e. The van der Waals surface area contributed by atoms with Gasteiger partial charge in [0.25, 0.3) is 0 Å². The highest BCUT2D eigenvalue weighted by molar-refractivity contribution is 5.79. The van der Waals surface area contributed by atoms with Crippen LogP contribution >= 0.6 is 0 Å². The molecule has 0 aliphatic carbocycles. The standard InChI is InChI=1S/C26H25F2NO2/c1-18-6-8-19(9-7-18)16-26(30)29-15-14-25(31-21-12-10-20(27)11-13-21)23(17-29)22-4-2-3-5-24(22)28/h2-13,23,25H,14-17H2,1H3. The molecule has 1 aliphatic rings. The van der Waals surface area contributed by atoms with E-state index in [4.69, 9.17) is 4.74 Å². The molecular formula is C26H25F2NO2. The van der Waals surface area contributed by atoms with Crippen molar-refractivity contribution in [1.29, 1.82) is 0 Å². The number of piperidine rings is 1. The lowest BCUT2D eigenvalue weighted by molar-refractivity contribution is -0.132. The number of nitrogens with zero attached hydrogens (tertiary/aromatic N) is 1. The van der Waals surface area contributed by atoms with Crippen molar-refractivity contribution in [3.05, 3.63) is 101 Å². The molecule has 1 heterocycles. The third kappa shape index (κ3) is 5.10. The first-order chi connectivity index (χ1) is 15.0. The number of carbonyl (C=O) groups is 1. The third-order valence-corrected chi connectivity index (χ3v) is 5.78. The first kappa shape index (κ1) is 21.0. The van der Waals surface area contributed by atoms with E-state index in [2.05, 4.69) is 0 Å². The van der Waals surface area contributed by atoms with Gasteiger partial charge in [-0.3, -0.25) is 4.79 Å². The molecule has 0 bridgehead atoms. The number of benzene rings is 3. The van der Waals surface area contributed by atoms with Crippen LogP contribution in [0.25, 0.3) is 0 Å². The number of amides is 1. The van der Waals surface area contributed by atoms with E-state index in [9.17, 15) is 13.6 Å². The van der Waals surface area contributed by atoms with Crippen LogP contribution < -0.4 is 4.74 Å². The predicted octanol–water partition coefficient (Wildman–Crippen LogP) is 5.28. The van der Waals surface area contributed by atoms with Gasteiger partial charge in [-0.05, 0) is 48.4 Å². The molecule has 0 radical (unpaired) electrons. The van der Waals surface area contributed by atoms with Gasteiger partial charge in [0.05, 0.1) is 6.42 Å². The van der Waals surface area contributed by atoms with E-state index in [1.54, 1.807) is 35.2 Å². The van der Waals surface area contributed by atoms with Crippen LogP contribution in [-0.2, 0) is 11.2 Å². The van der Waals surface area contributed by atoms with E-state index in [0.717, 1.165) is 11.1 Å². The van der Waals surface area contributed by atoms with Crippen molar-refractivity contribution >= 4 is 5.91 Å². The van der Waals surface area contributed by atoms with Gasteiger partial charge in [-0.15, -0.1) is 0 Å². The topological polar surface area (TPSA) is 29.5 Å². The highest BCUT2D eigenvalue weighted by Gasteiger charge is 2.35. The molecular weight excluding hydrogens is 396 g/mol. The van der Waals surface area contributed by atoms with Crippen LogP contribution in [0.2, 0.25) is 0 Å². The van der Waals surface area contributed by atoms with Crippen molar-refractivity contribution in [2.24, 2.45) is 0 Å². The summed E-state index contributed by atoms with van der Waals surface area (Å²) < 4.78 is 34.0. The highest BCUT2D eigenvalue weighted by atomic mass is 19.1. The molecule has 1 aliphatic heterocycles. The lowest BCUT2D eigenvalue weighted by Gasteiger charge is -2.39. The number of likely N-dealkylation sites (tertiary alicyclic amines) is 1. The fourth-order valence-corrected chi connectivity index (χ4v) is 4.05. The summed E-state index contributed by atoms with van der Waals surface area (Å²) >= 11 is 0. The summed E-state index contributed by atoms with van der Waals surface area (Å²) in [5.74, 6) is -0.415. The average Bonchev–Trinajstić information content (AvgIpc) is 2.77. The molecule has 0 aromatic heterocycles. The second-order valence-corrected chi connectivity index (χ2v) is 8.03. The Morgan fingerprint density at radius 2 is 1.71 bits per heavy atom. The van der Waals surface area contributed by atoms with Crippen molar-refractivity contribution in [3.63, 3.8) is 0 Å². The third-order valence-electron chi connectivity index (χ3n) is 5.78. The fourth-order valence-electron chi connectivity index (χ4n) is 4.05. The van der Waals surface area contributed by atoms with Crippen molar-refractivity contribution in [2.45, 2.75) is 31.8 Å². The van der Waals surface area contributed by atoms with Gasteiger partial charge in [0.2, 0.25) is 5.91 Å². The fraction of sp³-hybridized carbons (Fsp3) is 0.269. The van der Waals surface area contributed by atoms with Crippen LogP contribution in [0, 0.1) is 18.6 Å². The van der Waals surface area contributed by atoms with E-state index < -0.39 is 0 Å². The quantitative estimate of drug-likeness (QED) is 0.561. The zero-order valence-electron chi connectivity index (χ0n) is 17.4. The highest BCUT2D eigenvalue weighted by Crippen LogP contribution is 2.32. The van der Waals surface area contributed by atoms with Gasteiger partial charge in [-0.1, -0.05) is 48.0 Å². The zero-order chi connectivity index (χ0) is 21.8. The Kier molecular flexibility index (Phi) is 6.31. The Balaban J connectivity index is 1.53. The molecule has 5 heteroatoms. The van der Waals surface area contributed by atoms with Crippen molar-refractivity contribution in [3.8, 4) is 5.75 Å². The van der Waals surface area contributed by atoms with Crippen LogP contribution in [0.5, 0.6) is 5.75 Å². The van der Waals surface area contributed by atoms with Gasteiger partial charge in [-0.25, -0.2) is 8.78 Å². The van der Waals surface area contributed by atoms with Crippen molar-refractivity contribution < 1.29 is 18.3 Å². The molecule has 0 spiro atoms. The molecule has 3 nitrogen and oxygen atoms in total. The van der Waals surface area contributed by atoms with Crippen LogP contribution in [-0.4, -0.2) is 30.0 Å². The summed E-state index contributed by atoms with van der Waals surface area (Å²) in [6.07, 6.45) is 0.565. The van der Waals surface area contributed by atoms with Crippen LogP contribution in [0.1, 0.15) is 29.0 Å². The van der Waals surface area contributed by atoms with E-state index in [0.29, 0.717) is 37.2 Å². The number of halogens is 2. The molecule has 1 fully saturated rings. The number of ether oxygens (including phenoxy) is 1. The van der Waals surface area contributed by atoms with Gasteiger partial charge in [0.1, 0.15) is 23.5 Å². The molecule has 0 N–H and O–H groups in total. The number of hydrogen-bond donors (Lipinski definition) is 0. The minimum Gasteiger partial charge on any atom is -0.490 e. The number of carbonyl (C=O) groups excluding carboxylic acids is 1. The van der Waals surface area contributed by atoms with Crippen LogP contribution in [0.3, 0.4) is 0 Å². The molecule has 3 aromatic rings. The maximum absolute atomic E-state index is 14.6. The molecule has 0 saturated carbocycles. The average molecular weight is 421 g/mol. The zero-order valence-corrected chi connectivity index (χ0v) is 17.4. The monoisotopic (exact) mass is 421 g/mol.